The molecular formula is C23H19N3O3S2. The molecule has 0 saturated heterocycles. The van der Waals surface area contributed by atoms with Gasteiger partial charge in [-0.3, -0.25) is 14.7 Å². The van der Waals surface area contributed by atoms with Crippen molar-refractivity contribution in [2.24, 2.45) is 0 Å². The first-order valence-electron chi connectivity index (χ1n) is 9.77. The Balaban J connectivity index is 1.56. The highest BCUT2D eigenvalue weighted by atomic mass is 32.2. The van der Waals surface area contributed by atoms with Crippen LogP contribution in [0.3, 0.4) is 0 Å². The summed E-state index contributed by atoms with van der Waals surface area (Å²) in [6.45, 7) is 1.35. The van der Waals surface area contributed by atoms with Crippen LogP contribution in [0.2, 0.25) is 0 Å². The number of hydrogen-bond donors (Lipinski definition) is 0. The average molecular weight is 450 g/mol. The SMILES string of the molecule is CSc1cccc2sc(N(Cc3cccnc3)C(=O)c3ccc4c(c3)OCCO4)nc12. The molecule has 156 valence electrons. The number of ether oxygens (including phenoxy) is 2. The average Bonchev–Trinajstić information content (AvgIpc) is 3.26. The molecule has 4 aromatic rings. The highest BCUT2D eigenvalue weighted by Crippen LogP contribution is 2.36. The Bertz CT molecular complexity index is 1240. The Morgan fingerprint density at radius 3 is 2.81 bits per heavy atom. The number of aromatic nitrogens is 2. The minimum absolute atomic E-state index is 0.148. The van der Waals surface area contributed by atoms with E-state index in [1.165, 1.54) is 11.3 Å². The van der Waals surface area contributed by atoms with Crippen LogP contribution in [0.15, 0.2) is 65.8 Å². The second kappa shape index (κ2) is 8.56. The number of rotatable bonds is 5. The van der Waals surface area contributed by atoms with Crippen molar-refractivity contribution in [2.75, 3.05) is 24.4 Å². The summed E-state index contributed by atoms with van der Waals surface area (Å²) < 4.78 is 12.3. The number of fused-ring (bicyclic) bond motifs is 2. The summed E-state index contributed by atoms with van der Waals surface area (Å²) in [7, 11) is 0. The molecule has 1 aliphatic rings. The summed E-state index contributed by atoms with van der Waals surface area (Å²) in [5.74, 6) is 1.10. The van der Waals surface area contributed by atoms with E-state index < -0.39 is 0 Å². The maximum atomic E-state index is 13.6. The molecule has 8 heteroatoms. The van der Waals surface area contributed by atoms with Crippen LogP contribution in [0.1, 0.15) is 15.9 Å². The van der Waals surface area contributed by atoms with Crippen LogP contribution in [0.5, 0.6) is 11.5 Å². The molecule has 0 saturated carbocycles. The molecule has 5 rings (SSSR count). The molecule has 0 fully saturated rings. The Morgan fingerprint density at radius 2 is 2.00 bits per heavy atom. The number of carbonyl (C=O) groups is 1. The third-order valence-electron chi connectivity index (χ3n) is 4.92. The number of pyridine rings is 1. The molecule has 31 heavy (non-hydrogen) atoms. The van der Waals surface area contributed by atoms with Crippen molar-refractivity contribution < 1.29 is 14.3 Å². The van der Waals surface area contributed by atoms with Gasteiger partial charge in [0.1, 0.15) is 13.2 Å². The molecule has 0 atom stereocenters. The van der Waals surface area contributed by atoms with E-state index in [1.54, 1.807) is 47.3 Å². The topological polar surface area (TPSA) is 64.6 Å². The number of para-hydroxylation sites is 1. The number of anilines is 1. The van der Waals surface area contributed by atoms with Gasteiger partial charge in [0.2, 0.25) is 0 Å². The van der Waals surface area contributed by atoms with Crippen LogP contribution < -0.4 is 14.4 Å². The fourth-order valence-electron chi connectivity index (χ4n) is 3.42. The zero-order chi connectivity index (χ0) is 21.2. The molecule has 2 aromatic carbocycles. The molecule has 1 amide bonds. The van der Waals surface area contributed by atoms with Gasteiger partial charge in [-0.2, -0.15) is 0 Å². The lowest BCUT2D eigenvalue weighted by atomic mass is 10.1. The van der Waals surface area contributed by atoms with Crippen molar-refractivity contribution >= 4 is 44.4 Å². The quantitative estimate of drug-likeness (QED) is 0.398. The van der Waals surface area contributed by atoms with Gasteiger partial charge in [0.05, 0.1) is 16.8 Å². The lowest BCUT2D eigenvalue weighted by Gasteiger charge is -2.22. The predicted molar refractivity (Wildman–Crippen MR) is 124 cm³/mol. The highest BCUT2D eigenvalue weighted by Gasteiger charge is 2.24. The normalized spacial score (nSPS) is 12.7. The van der Waals surface area contributed by atoms with Gasteiger partial charge in [0.25, 0.3) is 5.91 Å². The lowest BCUT2D eigenvalue weighted by molar-refractivity contribution is 0.0984. The van der Waals surface area contributed by atoms with Crippen LogP contribution in [0.4, 0.5) is 5.13 Å². The number of hydrogen-bond acceptors (Lipinski definition) is 7. The minimum Gasteiger partial charge on any atom is -0.486 e. The predicted octanol–water partition coefficient (Wildman–Crippen LogP) is 5.03. The summed E-state index contributed by atoms with van der Waals surface area (Å²) in [5.41, 5.74) is 2.37. The van der Waals surface area contributed by atoms with Gasteiger partial charge in [0, 0.05) is 22.9 Å². The number of thioether (sulfide) groups is 1. The smallest absolute Gasteiger partial charge is 0.260 e. The maximum Gasteiger partial charge on any atom is 0.260 e. The first-order valence-corrected chi connectivity index (χ1v) is 11.8. The Labute approximate surface area is 187 Å². The van der Waals surface area contributed by atoms with Gasteiger partial charge in [0.15, 0.2) is 16.6 Å². The molecule has 0 radical (unpaired) electrons. The Morgan fingerprint density at radius 1 is 1.13 bits per heavy atom. The van der Waals surface area contributed by atoms with Crippen LogP contribution in [0, 0.1) is 0 Å². The fourth-order valence-corrected chi connectivity index (χ4v) is 5.04. The summed E-state index contributed by atoms with van der Waals surface area (Å²) in [4.78, 5) is 25.5. The van der Waals surface area contributed by atoms with Crippen molar-refractivity contribution in [1.82, 2.24) is 9.97 Å². The van der Waals surface area contributed by atoms with Crippen LogP contribution in [-0.2, 0) is 6.54 Å². The molecule has 6 nitrogen and oxygen atoms in total. The first kappa shape index (κ1) is 19.8. The molecular weight excluding hydrogens is 430 g/mol. The fraction of sp³-hybridized carbons (Fsp3) is 0.174. The van der Waals surface area contributed by atoms with Crippen molar-refractivity contribution in [3.05, 3.63) is 72.1 Å². The molecule has 0 unspecified atom stereocenters. The van der Waals surface area contributed by atoms with E-state index in [-0.39, 0.29) is 5.91 Å². The number of thiazole rings is 1. The molecule has 0 spiro atoms. The second-order valence-corrected chi connectivity index (χ2v) is 8.77. The zero-order valence-electron chi connectivity index (χ0n) is 16.8. The Kier molecular flexibility index (Phi) is 5.48. The summed E-state index contributed by atoms with van der Waals surface area (Å²) >= 11 is 3.16. The largest absolute Gasteiger partial charge is 0.486 e. The third kappa shape index (κ3) is 3.96. The Hall–Kier alpha value is -3.10. The van der Waals surface area contributed by atoms with Crippen molar-refractivity contribution in [3.8, 4) is 11.5 Å². The van der Waals surface area contributed by atoms with Crippen molar-refractivity contribution in [1.29, 1.82) is 0 Å². The van der Waals surface area contributed by atoms with E-state index in [0.717, 1.165) is 20.7 Å². The number of benzene rings is 2. The van der Waals surface area contributed by atoms with Gasteiger partial charge < -0.3 is 9.47 Å². The first-order chi connectivity index (χ1) is 15.2. The third-order valence-corrected chi connectivity index (χ3v) is 6.73. The summed E-state index contributed by atoms with van der Waals surface area (Å²) in [6.07, 6.45) is 5.52. The van der Waals surface area contributed by atoms with Gasteiger partial charge >= 0.3 is 0 Å². The molecule has 0 N–H and O–H groups in total. The monoisotopic (exact) mass is 449 g/mol. The summed E-state index contributed by atoms with van der Waals surface area (Å²) in [6, 6.07) is 15.2. The number of amides is 1. The van der Waals surface area contributed by atoms with Gasteiger partial charge in [-0.25, -0.2) is 4.98 Å². The number of nitrogens with zero attached hydrogens (tertiary/aromatic N) is 3. The standard InChI is InChI=1S/C23H19N3O3S2/c1-30-19-5-2-6-20-21(19)25-23(31-20)26(14-15-4-3-9-24-13-15)22(27)16-7-8-17-18(12-16)29-11-10-28-17/h2-9,12-13H,10-11,14H2,1H3. The van der Waals surface area contributed by atoms with Crippen LogP contribution in [-0.4, -0.2) is 35.3 Å². The second-order valence-electron chi connectivity index (χ2n) is 6.91. The van der Waals surface area contributed by atoms with Gasteiger partial charge in [-0.05, 0) is 48.2 Å². The van der Waals surface area contributed by atoms with Crippen LogP contribution >= 0.6 is 23.1 Å². The molecule has 3 heterocycles. The molecule has 2 aromatic heterocycles. The van der Waals surface area contributed by atoms with Crippen LogP contribution in [0.25, 0.3) is 10.2 Å². The number of carbonyl (C=O) groups excluding carboxylic acids is 1. The zero-order valence-corrected chi connectivity index (χ0v) is 18.4. The van der Waals surface area contributed by atoms with Gasteiger partial charge in [-0.15, -0.1) is 11.8 Å². The van der Waals surface area contributed by atoms with E-state index in [9.17, 15) is 4.79 Å². The van der Waals surface area contributed by atoms with Crippen molar-refractivity contribution in [3.63, 3.8) is 0 Å². The van der Waals surface area contributed by atoms with E-state index >= 15 is 0 Å². The van der Waals surface area contributed by atoms with E-state index in [4.69, 9.17) is 14.5 Å². The highest BCUT2D eigenvalue weighted by molar-refractivity contribution is 7.98. The van der Waals surface area contributed by atoms with E-state index in [1.807, 2.05) is 36.6 Å². The molecule has 0 aliphatic carbocycles. The summed E-state index contributed by atoms with van der Waals surface area (Å²) in [5, 5.41) is 0.653. The van der Waals surface area contributed by atoms with E-state index in [0.29, 0.717) is 42.0 Å². The minimum atomic E-state index is -0.148. The molecule has 1 aliphatic heterocycles. The van der Waals surface area contributed by atoms with Gasteiger partial charge in [-0.1, -0.05) is 23.5 Å². The molecule has 0 bridgehead atoms. The van der Waals surface area contributed by atoms with Crippen molar-refractivity contribution in [2.45, 2.75) is 11.4 Å². The maximum absolute atomic E-state index is 13.6. The van der Waals surface area contributed by atoms with E-state index in [2.05, 4.69) is 4.98 Å². The lowest BCUT2D eigenvalue weighted by Crippen LogP contribution is -2.30.